The number of aromatic nitrogens is 5. The van der Waals surface area contributed by atoms with Crippen molar-refractivity contribution in [1.82, 2.24) is 24.5 Å². The summed E-state index contributed by atoms with van der Waals surface area (Å²) in [6.45, 7) is 0.224. The summed E-state index contributed by atoms with van der Waals surface area (Å²) >= 11 is 0. The van der Waals surface area contributed by atoms with Crippen molar-refractivity contribution in [1.29, 1.82) is 0 Å². The Labute approximate surface area is 624 Å². The second kappa shape index (κ2) is 27.7. The summed E-state index contributed by atoms with van der Waals surface area (Å²) in [6.07, 6.45) is 0. The highest BCUT2D eigenvalue weighted by molar-refractivity contribution is 7.00. The van der Waals surface area contributed by atoms with Gasteiger partial charge >= 0.3 is 11.9 Å². The molecule has 0 fully saturated rings. The SMILES string of the molecule is O=C(OCc1ccccc1)c1ccc2c(c1)c1cc(C(=O)OCc3ccccc3)ccc1n2-c1ccc(-c2cc(-c3ccccc3)nc(-c3ccccc3)n2)cc1-c1nc(-c2ccccc2)cc(-c2cccc(-c3ccc(N4c5ccccc5B5c6ccccc6N(c6ccccc6)c6cccc4c65)cc3)c2)n1. The van der Waals surface area contributed by atoms with Gasteiger partial charge in [-0.25, -0.2) is 29.5 Å². The Morgan fingerprint density at radius 2 is 0.694 bits per heavy atom. The summed E-state index contributed by atoms with van der Waals surface area (Å²) in [7, 11) is 0. The maximum Gasteiger partial charge on any atom is 0.338 e. The molecule has 0 N–H and O–H groups in total. The highest BCUT2D eigenvalue weighted by Crippen LogP contribution is 2.46. The topological polar surface area (TPSA) is 116 Å². The lowest BCUT2D eigenvalue weighted by atomic mass is 9.33. The smallest absolute Gasteiger partial charge is 0.338 e. The van der Waals surface area contributed by atoms with Crippen LogP contribution < -0.4 is 26.2 Å². The largest absolute Gasteiger partial charge is 0.457 e. The first kappa shape index (κ1) is 64.5. The Hall–Kier alpha value is -14.4. The van der Waals surface area contributed by atoms with Crippen molar-refractivity contribution in [2.45, 2.75) is 13.2 Å². The molecule has 19 rings (SSSR count). The molecule has 0 atom stereocenters. The lowest BCUT2D eigenvalue weighted by molar-refractivity contribution is 0.0464. The van der Waals surface area contributed by atoms with Crippen LogP contribution in [0.25, 0.3) is 106 Å². The predicted octanol–water partition coefficient (Wildman–Crippen LogP) is 20.8. The van der Waals surface area contributed by atoms with Gasteiger partial charge in [-0.2, -0.15) is 0 Å². The summed E-state index contributed by atoms with van der Waals surface area (Å²) < 4.78 is 14.1. The van der Waals surface area contributed by atoms with E-state index in [-0.39, 0.29) is 19.9 Å². The quantitative estimate of drug-likeness (QED) is 0.0684. The Morgan fingerprint density at radius 1 is 0.296 bits per heavy atom. The van der Waals surface area contributed by atoms with Gasteiger partial charge in [-0.3, -0.25) is 0 Å². The minimum Gasteiger partial charge on any atom is -0.457 e. The maximum atomic E-state index is 14.2. The van der Waals surface area contributed by atoms with Crippen molar-refractivity contribution >= 4 is 91.0 Å². The molecule has 3 aromatic heterocycles. The molecule has 108 heavy (non-hydrogen) atoms. The van der Waals surface area contributed by atoms with Gasteiger partial charge in [0.1, 0.15) is 13.2 Å². The van der Waals surface area contributed by atoms with E-state index in [1.165, 1.54) is 22.1 Å². The van der Waals surface area contributed by atoms with Crippen LogP contribution in [0.1, 0.15) is 31.8 Å². The van der Waals surface area contributed by atoms with Gasteiger partial charge in [0.05, 0.1) is 50.6 Å². The number of carbonyl (C=O) groups is 2. The molecule has 12 heteroatoms. The monoisotopic (exact) mass is 1390 g/mol. The molecular formula is C96H64BN7O4. The number of fused-ring (bicyclic) bond motifs is 7. The lowest BCUT2D eigenvalue weighted by Gasteiger charge is -2.44. The van der Waals surface area contributed by atoms with E-state index in [4.69, 9.17) is 29.4 Å². The molecule has 0 saturated carbocycles. The summed E-state index contributed by atoms with van der Waals surface area (Å²) in [5, 5.41) is 1.42. The zero-order valence-electron chi connectivity index (χ0n) is 58.4. The van der Waals surface area contributed by atoms with Crippen LogP contribution in [0.2, 0.25) is 0 Å². The van der Waals surface area contributed by atoms with Crippen molar-refractivity contribution in [2.75, 3.05) is 9.80 Å². The van der Waals surface area contributed by atoms with Gasteiger partial charge in [-0.15, -0.1) is 0 Å². The van der Waals surface area contributed by atoms with Gasteiger partial charge in [0.15, 0.2) is 11.6 Å². The van der Waals surface area contributed by atoms with E-state index in [9.17, 15) is 9.59 Å². The maximum absolute atomic E-state index is 14.2. The molecule has 14 aromatic carbocycles. The number of ether oxygens (including phenoxy) is 2. The Bertz CT molecular complexity index is 6130. The molecule has 0 spiro atoms. The van der Waals surface area contributed by atoms with E-state index in [2.05, 4.69) is 208 Å². The van der Waals surface area contributed by atoms with Crippen LogP contribution in [0.5, 0.6) is 0 Å². The molecule has 0 saturated heterocycles. The van der Waals surface area contributed by atoms with Crippen molar-refractivity contribution in [3.8, 4) is 84.6 Å². The molecule has 0 aliphatic carbocycles. The normalized spacial score (nSPS) is 12.0. The minimum absolute atomic E-state index is 0.0340. The third-order valence-corrected chi connectivity index (χ3v) is 20.5. The molecule has 0 bridgehead atoms. The Balaban J connectivity index is 0.762. The number of para-hydroxylation sites is 3. The Kier molecular flexibility index (Phi) is 16.5. The highest BCUT2D eigenvalue weighted by Gasteiger charge is 2.43. The highest BCUT2D eigenvalue weighted by atomic mass is 16.5. The fourth-order valence-corrected chi connectivity index (χ4v) is 15.4. The van der Waals surface area contributed by atoms with Gasteiger partial charge in [-0.05, 0) is 154 Å². The molecule has 2 aliphatic rings. The number of carbonyl (C=O) groups excluding carboxylic acids is 2. The van der Waals surface area contributed by atoms with Crippen LogP contribution in [0, 0.1) is 0 Å². The molecule has 0 unspecified atom stereocenters. The van der Waals surface area contributed by atoms with Gasteiger partial charge < -0.3 is 23.8 Å². The first-order chi connectivity index (χ1) is 53.4. The standard InChI is InChI=1S/C96H64BN7O4/c105-95(107-61-63-25-7-1-8-26-63)72-48-53-85-76(57-72)77-58-73(96(106)108-62-64-27-9-2-10-28-64)49-54-86(77)104(85)87-52-47-71(84-59-81(66-29-11-3-12-30-66)98-93(99-84)68-33-15-5-16-34-68)56-78(87)94-100-82(67-31-13-4-14-32-67)60-83(101-94)70-36-23-35-69(55-70)65-45-50-75(51-46-65)103-89-42-22-20-40-80(89)97-79-39-19-21-41-88(79)102(74-37-17-6-18-38-74)90-43-24-44-91(103)92(90)97/h1-60H,61-62H2. The number of nitrogens with zero attached hydrogens (tertiary/aromatic N) is 7. The van der Waals surface area contributed by atoms with Crippen LogP contribution in [0.15, 0.2) is 364 Å². The number of benzene rings is 14. The molecule has 0 radical (unpaired) electrons. The first-order valence-electron chi connectivity index (χ1n) is 36.1. The molecule has 0 amide bonds. The summed E-state index contributed by atoms with van der Waals surface area (Å²) in [5.74, 6) is 0.0414. The third-order valence-electron chi connectivity index (χ3n) is 20.5. The minimum atomic E-state index is -0.486. The van der Waals surface area contributed by atoms with Crippen LogP contribution in [0.4, 0.5) is 34.1 Å². The second-order valence-electron chi connectivity index (χ2n) is 27.1. The summed E-state index contributed by atoms with van der Waals surface area (Å²) in [4.78, 5) is 55.1. The molecule has 17 aromatic rings. The molecule has 11 nitrogen and oxygen atoms in total. The molecule has 2 aliphatic heterocycles. The number of rotatable bonds is 16. The van der Waals surface area contributed by atoms with Crippen LogP contribution in [-0.4, -0.2) is 43.2 Å². The van der Waals surface area contributed by atoms with Crippen LogP contribution >= 0.6 is 0 Å². The molecular weight excluding hydrogens is 1330 g/mol. The van der Waals surface area contributed by atoms with E-state index >= 15 is 0 Å². The van der Waals surface area contributed by atoms with E-state index in [1.807, 2.05) is 158 Å². The fourth-order valence-electron chi connectivity index (χ4n) is 15.4. The van der Waals surface area contributed by atoms with Gasteiger partial charge in [-0.1, -0.05) is 249 Å². The summed E-state index contributed by atoms with van der Waals surface area (Å²) in [6, 6.07) is 124. The van der Waals surface area contributed by atoms with Crippen LogP contribution in [0.3, 0.4) is 0 Å². The average molecular weight is 1390 g/mol. The van der Waals surface area contributed by atoms with Crippen molar-refractivity contribution in [3.05, 3.63) is 386 Å². The number of hydrogen-bond donors (Lipinski definition) is 0. The second-order valence-corrected chi connectivity index (χ2v) is 27.1. The Morgan fingerprint density at radius 3 is 1.22 bits per heavy atom. The van der Waals surface area contributed by atoms with E-state index in [0.717, 1.165) is 101 Å². The average Bonchev–Trinajstić information content (AvgIpc) is 1.02. The molecule has 510 valence electrons. The van der Waals surface area contributed by atoms with Crippen molar-refractivity contribution < 1.29 is 19.1 Å². The lowest BCUT2D eigenvalue weighted by Crippen LogP contribution is -2.61. The van der Waals surface area contributed by atoms with Gasteiger partial charge in [0, 0.05) is 78.3 Å². The zero-order chi connectivity index (χ0) is 72.0. The van der Waals surface area contributed by atoms with E-state index in [0.29, 0.717) is 56.2 Å². The third kappa shape index (κ3) is 12.0. The van der Waals surface area contributed by atoms with Crippen molar-refractivity contribution in [2.24, 2.45) is 0 Å². The van der Waals surface area contributed by atoms with E-state index < -0.39 is 11.9 Å². The predicted molar refractivity (Wildman–Crippen MR) is 435 cm³/mol. The number of hydrogen-bond acceptors (Lipinski definition) is 10. The zero-order valence-corrected chi connectivity index (χ0v) is 58.4. The first-order valence-corrected chi connectivity index (χ1v) is 36.1. The van der Waals surface area contributed by atoms with Gasteiger partial charge in [0.2, 0.25) is 0 Å². The number of anilines is 6. The van der Waals surface area contributed by atoms with Gasteiger partial charge in [0.25, 0.3) is 6.71 Å². The van der Waals surface area contributed by atoms with E-state index in [1.54, 1.807) is 12.1 Å². The van der Waals surface area contributed by atoms with Crippen molar-refractivity contribution in [3.63, 3.8) is 0 Å². The number of esters is 2. The molecule has 5 heterocycles. The fraction of sp³-hybridized carbons (Fsp3) is 0.0208. The van der Waals surface area contributed by atoms with Crippen LogP contribution in [-0.2, 0) is 22.7 Å². The summed E-state index contributed by atoms with van der Waals surface area (Å²) in [5.41, 5.74) is 25.2.